The molecule has 3 aromatic rings. The molecule has 25 heavy (non-hydrogen) atoms. The zero-order chi connectivity index (χ0) is 18.0. The van der Waals surface area contributed by atoms with Crippen molar-refractivity contribution in [2.45, 2.75) is 32.3 Å². The maximum absolute atomic E-state index is 12.7. The monoisotopic (exact) mass is 335 g/mol. The van der Waals surface area contributed by atoms with E-state index in [4.69, 9.17) is 4.74 Å². The van der Waals surface area contributed by atoms with Crippen LogP contribution in [0.5, 0.6) is 0 Å². The Labute approximate surface area is 146 Å². The van der Waals surface area contributed by atoms with Crippen LogP contribution in [0.2, 0.25) is 0 Å². The third-order valence-corrected chi connectivity index (χ3v) is 4.51. The highest BCUT2D eigenvalue weighted by molar-refractivity contribution is 6.10. The first-order valence-electron chi connectivity index (χ1n) is 8.28. The van der Waals surface area contributed by atoms with E-state index >= 15 is 0 Å². The minimum atomic E-state index is -0.852. The Hall–Kier alpha value is -2.88. The van der Waals surface area contributed by atoms with Gasteiger partial charge in [0.25, 0.3) is 0 Å². The van der Waals surface area contributed by atoms with Crippen LogP contribution in [0.4, 0.5) is 0 Å². The summed E-state index contributed by atoms with van der Waals surface area (Å²) in [5.41, 5.74) is 1.45. The van der Waals surface area contributed by atoms with Gasteiger partial charge in [0.05, 0.1) is 5.41 Å². The van der Waals surface area contributed by atoms with E-state index in [1.807, 2.05) is 54.6 Å². The number of benzene rings is 2. The lowest BCUT2D eigenvalue weighted by molar-refractivity contribution is -0.152. The number of esters is 1. The Kier molecular flexibility index (Phi) is 4.45. The van der Waals surface area contributed by atoms with Crippen molar-refractivity contribution in [1.29, 1.82) is 0 Å². The number of hydrogen-bond donors (Lipinski definition) is 1. The molecule has 2 aromatic carbocycles. The van der Waals surface area contributed by atoms with Crippen molar-refractivity contribution in [1.82, 2.24) is 4.98 Å². The number of aromatic amines is 1. The summed E-state index contributed by atoms with van der Waals surface area (Å²) in [7, 11) is 0. The average molecular weight is 335 g/mol. The van der Waals surface area contributed by atoms with Crippen LogP contribution in [0.3, 0.4) is 0 Å². The van der Waals surface area contributed by atoms with Gasteiger partial charge < -0.3 is 9.72 Å². The van der Waals surface area contributed by atoms with Crippen molar-refractivity contribution in [3.8, 4) is 0 Å². The first-order valence-corrected chi connectivity index (χ1v) is 8.28. The molecule has 0 bridgehead atoms. The minimum absolute atomic E-state index is 0.213. The predicted octanol–water partition coefficient (Wildman–Crippen LogP) is 4.26. The molecule has 1 aromatic heterocycles. The van der Waals surface area contributed by atoms with Crippen molar-refractivity contribution in [2.75, 3.05) is 0 Å². The standard InChI is InChI=1S/C21H21NO3/c1-14(19(23)17-13-22-18-12-8-7-11-16(17)18)25-20(24)21(2,3)15-9-5-4-6-10-15/h4-14,22H,1-3H3/t14-/m0/s1. The Balaban J connectivity index is 1.78. The number of rotatable bonds is 5. The number of hydrogen-bond acceptors (Lipinski definition) is 3. The van der Waals surface area contributed by atoms with E-state index in [-0.39, 0.29) is 5.78 Å². The lowest BCUT2D eigenvalue weighted by Crippen LogP contribution is -2.35. The lowest BCUT2D eigenvalue weighted by atomic mass is 9.85. The molecule has 4 heteroatoms. The maximum Gasteiger partial charge on any atom is 0.316 e. The van der Waals surface area contributed by atoms with Crippen molar-refractivity contribution >= 4 is 22.7 Å². The fourth-order valence-electron chi connectivity index (χ4n) is 2.83. The Morgan fingerprint density at radius 3 is 2.36 bits per heavy atom. The van der Waals surface area contributed by atoms with Gasteiger partial charge in [-0.25, -0.2) is 0 Å². The van der Waals surface area contributed by atoms with Crippen LogP contribution in [0, 0.1) is 0 Å². The molecule has 0 fully saturated rings. The summed E-state index contributed by atoms with van der Waals surface area (Å²) in [5.74, 6) is -0.631. The summed E-state index contributed by atoms with van der Waals surface area (Å²) < 4.78 is 5.50. The first-order chi connectivity index (χ1) is 11.9. The van der Waals surface area contributed by atoms with Crippen LogP contribution in [0.25, 0.3) is 10.9 Å². The highest BCUT2D eigenvalue weighted by atomic mass is 16.5. The number of ether oxygens (including phenoxy) is 1. The molecule has 0 spiro atoms. The van der Waals surface area contributed by atoms with Gasteiger partial charge in [0.1, 0.15) is 0 Å². The van der Waals surface area contributed by atoms with Crippen molar-refractivity contribution in [3.63, 3.8) is 0 Å². The van der Waals surface area contributed by atoms with E-state index in [0.717, 1.165) is 16.5 Å². The molecule has 0 saturated carbocycles. The fourth-order valence-corrected chi connectivity index (χ4v) is 2.83. The van der Waals surface area contributed by atoms with Crippen molar-refractivity contribution in [3.05, 3.63) is 71.9 Å². The molecule has 0 aliphatic rings. The van der Waals surface area contributed by atoms with Crippen LogP contribution < -0.4 is 0 Å². The summed E-state index contributed by atoms with van der Waals surface area (Å²) in [6.45, 7) is 5.21. The summed E-state index contributed by atoms with van der Waals surface area (Å²) in [6, 6.07) is 17.0. The van der Waals surface area contributed by atoms with Gasteiger partial charge in [0.15, 0.2) is 6.10 Å². The smallest absolute Gasteiger partial charge is 0.316 e. The second-order valence-electron chi connectivity index (χ2n) is 6.65. The van der Waals surface area contributed by atoms with E-state index in [9.17, 15) is 9.59 Å². The molecule has 0 unspecified atom stereocenters. The molecule has 0 saturated heterocycles. The van der Waals surface area contributed by atoms with E-state index in [0.29, 0.717) is 5.56 Å². The molecule has 3 rings (SSSR count). The average Bonchev–Trinajstić information content (AvgIpc) is 3.05. The molecule has 0 aliphatic carbocycles. The molecule has 0 amide bonds. The number of aromatic nitrogens is 1. The summed E-state index contributed by atoms with van der Waals surface area (Å²) >= 11 is 0. The summed E-state index contributed by atoms with van der Waals surface area (Å²) in [4.78, 5) is 28.4. The number of H-pyrrole nitrogens is 1. The van der Waals surface area contributed by atoms with Gasteiger partial charge in [-0.15, -0.1) is 0 Å². The molecule has 1 N–H and O–H groups in total. The SMILES string of the molecule is C[C@H](OC(=O)C(C)(C)c1ccccc1)C(=O)c1c[nH]c2ccccc12. The maximum atomic E-state index is 12.7. The van der Waals surface area contributed by atoms with Gasteiger partial charge in [-0.05, 0) is 32.4 Å². The third kappa shape index (κ3) is 3.20. The fraction of sp³-hybridized carbons (Fsp3) is 0.238. The molecule has 0 radical (unpaired) electrons. The van der Waals surface area contributed by atoms with Gasteiger partial charge in [-0.3, -0.25) is 9.59 Å². The van der Waals surface area contributed by atoms with Crippen molar-refractivity contribution < 1.29 is 14.3 Å². The Morgan fingerprint density at radius 1 is 1.00 bits per heavy atom. The van der Waals surface area contributed by atoms with Gasteiger partial charge in [-0.2, -0.15) is 0 Å². The molecular formula is C21H21NO3. The number of nitrogens with one attached hydrogen (secondary N) is 1. The molecule has 128 valence electrons. The van der Waals surface area contributed by atoms with E-state index in [2.05, 4.69) is 4.98 Å². The van der Waals surface area contributed by atoms with Crippen molar-refractivity contribution in [2.24, 2.45) is 0 Å². The topological polar surface area (TPSA) is 59.2 Å². The Morgan fingerprint density at radius 2 is 1.64 bits per heavy atom. The number of carbonyl (C=O) groups excluding carboxylic acids is 2. The zero-order valence-electron chi connectivity index (χ0n) is 14.6. The van der Waals surface area contributed by atoms with Crippen LogP contribution in [-0.4, -0.2) is 22.8 Å². The first kappa shape index (κ1) is 17.0. The van der Waals surface area contributed by atoms with Crippen LogP contribution in [-0.2, 0) is 14.9 Å². The molecule has 1 atom stereocenters. The molecule has 0 aliphatic heterocycles. The highest BCUT2D eigenvalue weighted by Gasteiger charge is 2.34. The quantitative estimate of drug-likeness (QED) is 0.560. The van der Waals surface area contributed by atoms with Crippen LogP contribution in [0.1, 0.15) is 36.7 Å². The number of Topliss-reactive ketones (excluding diaryl/α,β-unsaturated/α-hetero) is 1. The number of carbonyl (C=O) groups is 2. The van der Waals surface area contributed by atoms with E-state index in [1.54, 1.807) is 27.0 Å². The minimum Gasteiger partial charge on any atom is -0.454 e. The molecule has 1 heterocycles. The third-order valence-electron chi connectivity index (χ3n) is 4.51. The number of fused-ring (bicyclic) bond motifs is 1. The van der Waals surface area contributed by atoms with Gasteiger partial charge in [0.2, 0.25) is 5.78 Å². The second-order valence-corrected chi connectivity index (χ2v) is 6.65. The van der Waals surface area contributed by atoms with Crippen LogP contribution in [0.15, 0.2) is 60.8 Å². The summed E-state index contributed by atoms with van der Waals surface area (Å²) in [5, 5.41) is 0.831. The highest BCUT2D eigenvalue weighted by Crippen LogP contribution is 2.26. The molecule has 4 nitrogen and oxygen atoms in total. The predicted molar refractivity (Wildman–Crippen MR) is 97.7 cm³/mol. The van der Waals surface area contributed by atoms with E-state index < -0.39 is 17.5 Å². The second kappa shape index (κ2) is 6.55. The Bertz CT molecular complexity index is 909. The van der Waals surface area contributed by atoms with Gasteiger partial charge >= 0.3 is 5.97 Å². The zero-order valence-corrected chi connectivity index (χ0v) is 14.6. The number of para-hydroxylation sites is 1. The largest absolute Gasteiger partial charge is 0.454 e. The van der Waals surface area contributed by atoms with Gasteiger partial charge in [0, 0.05) is 22.7 Å². The summed E-state index contributed by atoms with van der Waals surface area (Å²) in [6.07, 6.45) is 0.814. The van der Waals surface area contributed by atoms with E-state index in [1.165, 1.54) is 0 Å². The van der Waals surface area contributed by atoms with Gasteiger partial charge in [-0.1, -0.05) is 48.5 Å². The normalized spacial score (nSPS) is 12.8. The lowest BCUT2D eigenvalue weighted by Gasteiger charge is -2.25. The molecular weight excluding hydrogens is 314 g/mol. The van der Waals surface area contributed by atoms with Crippen LogP contribution >= 0.6 is 0 Å². The number of ketones is 1.